The summed E-state index contributed by atoms with van der Waals surface area (Å²) in [5, 5.41) is 18.6. The summed E-state index contributed by atoms with van der Waals surface area (Å²) < 4.78 is 1.84. The zero-order chi connectivity index (χ0) is 14.8. The molecule has 0 radical (unpaired) electrons. The van der Waals surface area contributed by atoms with Crippen LogP contribution in [0.4, 0.5) is 0 Å². The number of rotatable bonds is 4. The third kappa shape index (κ3) is 2.73. The zero-order valence-electron chi connectivity index (χ0n) is 11.2. The molecule has 0 saturated heterocycles. The monoisotopic (exact) mass is 300 g/mol. The number of hydrogen-bond donors (Lipinski definition) is 1. The number of hydrogen-bond acceptors (Lipinski definition) is 5. The Kier molecular flexibility index (Phi) is 3.57. The van der Waals surface area contributed by atoms with Crippen molar-refractivity contribution in [1.82, 2.24) is 19.6 Å². The molecular weight excluding hydrogens is 288 g/mol. The summed E-state index contributed by atoms with van der Waals surface area (Å²) >= 11 is 1.30. The van der Waals surface area contributed by atoms with Crippen LogP contribution >= 0.6 is 11.8 Å². The molecule has 3 aromatic heterocycles. The van der Waals surface area contributed by atoms with Crippen molar-refractivity contribution in [3.63, 3.8) is 0 Å². The molecule has 0 fully saturated rings. The second kappa shape index (κ2) is 5.53. The van der Waals surface area contributed by atoms with E-state index in [4.69, 9.17) is 5.11 Å². The Morgan fingerprint density at radius 1 is 1.33 bits per heavy atom. The first-order chi connectivity index (χ1) is 10.2. The van der Waals surface area contributed by atoms with Crippen molar-refractivity contribution in [1.29, 1.82) is 0 Å². The summed E-state index contributed by atoms with van der Waals surface area (Å²) in [7, 11) is 0. The SMILES string of the molecule is CCc1cc(C(=O)O)cc(Sc2nnc3ccccn23)n1. The van der Waals surface area contributed by atoms with Crippen LogP contribution in [0.15, 0.2) is 46.7 Å². The number of aromatic carboxylic acids is 1. The standard InChI is InChI=1S/C14H12N4O2S/c1-2-10-7-9(13(19)20)8-12(15-10)21-14-17-16-11-5-3-4-6-18(11)14/h3-8H,2H2,1H3,(H,19,20). The average molecular weight is 300 g/mol. The van der Waals surface area contributed by atoms with E-state index in [0.717, 1.165) is 11.3 Å². The van der Waals surface area contributed by atoms with Crippen LogP contribution in [-0.2, 0) is 6.42 Å². The van der Waals surface area contributed by atoms with Crippen LogP contribution < -0.4 is 0 Å². The molecule has 106 valence electrons. The topological polar surface area (TPSA) is 80.4 Å². The van der Waals surface area contributed by atoms with Crippen molar-refractivity contribution < 1.29 is 9.90 Å². The molecule has 0 aliphatic heterocycles. The number of aryl methyl sites for hydroxylation is 1. The summed E-state index contributed by atoms with van der Waals surface area (Å²) in [5.74, 6) is -0.958. The molecule has 3 heterocycles. The first kappa shape index (κ1) is 13.6. The molecule has 6 nitrogen and oxygen atoms in total. The van der Waals surface area contributed by atoms with E-state index < -0.39 is 5.97 Å². The molecule has 3 aromatic rings. The average Bonchev–Trinajstić information content (AvgIpc) is 2.90. The van der Waals surface area contributed by atoms with E-state index in [0.29, 0.717) is 16.6 Å². The lowest BCUT2D eigenvalue weighted by Gasteiger charge is -2.04. The fourth-order valence-corrected chi connectivity index (χ4v) is 2.77. The van der Waals surface area contributed by atoms with Crippen LogP contribution in [0.3, 0.4) is 0 Å². The number of carboxylic acid groups (broad SMARTS) is 1. The highest BCUT2D eigenvalue weighted by atomic mass is 32.2. The van der Waals surface area contributed by atoms with Gasteiger partial charge in [-0.3, -0.25) is 4.40 Å². The minimum atomic E-state index is -0.958. The zero-order valence-corrected chi connectivity index (χ0v) is 12.0. The number of carboxylic acids is 1. The molecule has 0 unspecified atom stereocenters. The van der Waals surface area contributed by atoms with Crippen molar-refractivity contribution in [2.75, 3.05) is 0 Å². The van der Waals surface area contributed by atoms with Gasteiger partial charge in [-0.05, 0) is 42.4 Å². The largest absolute Gasteiger partial charge is 0.478 e. The minimum Gasteiger partial charge on any atom is -0.478 e. The second-order valence-corrected chi connectivity index (χ2v) is 5.35. The van der Waals surface area contributed by atoms with Gasteiger partial charge in [0, 0.05) is 11.9 Å². The number of pyridine rings is 2. The molecule has 0 aliphatic rings. The third-order valence-corrected chi connectivity index (χ3v) is 3.82. The summed E-state index contributed by atoms with van der Waals surface area (Å²) in [4.78, 5) is 15.6. The molecule has 1 N–H and O–H groups in total. The first-order valence-electron chi connectivity index (χ1n) is 6.39. The van der Waals surface area contributed by atoms with E-state index in [1.54, 1.807) is 12.1 Å². The van der Waals surface area contributed by atoms with Crippen LogP contribution in [0, 0.1) is 0 Å². The fourth-order valence-electron chi connectivity index (χ4n) is 1.90. The van der Waals surface area contributed by atoms with Gasteiger partial charge < -0.3 is 5.11 Å². The van der Waals surface area contributed by atoms with Crippen molar-refractivity contribution in [2.45, 2.75) is 23.5 Å². The van der Waals surface area contributed by atoms with Crippen LogP contribution in [0.25, 0.3) is 5.65 Å². The summed E-state index contributed by atoms with van der Waals surface area (Å²) in [5.41, 5.74) is 1.72. The maximum Gasteiger partial charge on any atom is 0.335 e. The highest BCUT2D eigenvalue weighted by Crippen LogP contribution is 2.26. The van der Waals surface area contributed by atoms with Crippen LogP contribution in [-0.4, -0.2) is 30.7 Å². The summed E-state index contributed by atoms with van der Waals surface area (Å²) in [6.07, 6.45) is 2.54. The van der Waals surface area contributed by atoms with Crippen molar-refractivity contribution in [3.05, 3.63) is 47.8 Å². The number of fused-ring (bicyclic) bond motifs is 1. The van der Waals surface area contributed by atoms with E-state index in [2.05, 4.69) is 15.2 Å². The van der Waals surface area contributed by atoms with Gasteiger partial charge >= 0.3 is 5.97 Å². The van der Waals surface area contributed by atoms with E-state index in [9.17, 15) is 4.79 Å². The molecule has 0 aromatic carbocycles. The van der Waals surface area contributed by atoms with Crippen LogP contribution in [0.1, 0.15) is 23.0 Å². The lowest BCUT2D eigenvalue weighted by Crippen LogP contribution is -2.01. The van der Waals surface area contributed by atoms with Gasteiger partial charge in [-0.15, -0.1) is 10.2 Å². The Bertz CT molecular complexity index is 816. The highest BCUT2D eigenvalue weighted by molar-refractivity contribution is 7.99. The summed E-state index contributed by atoms with van der Waals surface area (Å²) in [6.45, 7) is 1.94. The molecule has 0 aliphatic carbocycles. The number of carbonyl (C=O) groups is 1. The Labute approximate surface area is 124 Å². The van der Waals surface area contributed by atoms with Crippen molar-refractivity contribution in [3.8, 4) is 0 Å². The van der Waals surface area contributed by atoms with Crippen LogP contribution in [0.5, 0.6) is 0 Å². The van der Waals surface area contributed by atoms with E-state index in [1.807, 2.05) is 35.7 Å². The second-order valence-electron chi connectivity index (χ2n) is 4.36. The quantitative estimate of drug-likeness (QED) is 0.797. The smallest absolute Gasteiger partial charge is 0.335 e. The highest BCUT2D eigenvalue weighted by Gasteiger charge is 2.12. The molecular formula is C14H12N4O2S. The maximum absolute atomic E-state index is 11.2. The number of nitrogens with zero attached hydrogens (tertiary/aromatic N) is 4. The van der Waals surface area contributed by atoms with E-state index >= 15 is 0 Å². The summed E-state index contributed by atoms with van der Waals surface area (Å²) in [6, 6.07) is 8.77. The predicted octanol–water partition coefficient (Wildman–Crippen LogP) is 2.54. The van der Waals surface area contributed by atoms with Crippen molar-refractivity contribution in [2.24, 2.45) is 0 Å². The Hall–Kier alpha value is -2.41. The maximum atomic E-state index is 11.2. The number of aromatic nitrogens is 4. The lowest BCUT2D eigenvalue weighted by atomic mass is 10.2. The minimum absolute atomic E-state index is 0.234. The molecule has 7 heteroatoms. The molecule has 0 bridgehead atoms. The van der Waals surface area contributed by atoms with Gasteiger partial charge in [0.2, 0.25) is 5.16 Å². The predicted molar refractivity (Wildman–Crippen MR) is 77.7 cm³/mol. The van der Waals surface area contributed by atoms with Crippen molar-refractivity contribution >= 4 is 23.4 Å². The molecule has 0 amide bonds. The Balaban J connectivity index is 2.01. The molecule has 0 atom stereocenters. The van der Waals surface area contributed by atoms with Gasteiger partial charge in [0.25, 0.3) is 0 Å². The molecule has 0 saturated carbocycles. The van der Waals surface area contributed by atoms with Gasteiger partial charge in [0.05, 0.1) is 5.56 Å². The molecule has 0 spiro atoms. The molecule has 21 heavy (non-hydrogen) atoms. The third-order valence-electron chi connectivity index (χ3n) is 2.94. The van der Waals surface area contributed by atoms with Gasteiger partial charge in [0.15, 0.2) is 5.65 Å². The first-order valence-corrected chi connectivity index (χ1v) is 7.21. The fraction of sp³-hybridized carbons (Fsp3) is 0.143. The Morgan fingerprint density at radius 2 is 2.19 bits per heavy atom. The van der Waals surface area contributed by atoms with Gasteiger partial charge in [-0.25, -0.2) is 9.78 Å². The van der Waals surface area contributed by atoms with E-state index in [1.165, 1.54) is 11.8 Å². The van der Waals surface area contributed by atoms with Gasteiger partial charge in [0.1, 0.15) is 5.03 Å². The molecule has 3 rings (SSSR count). The lowest BCUT2D eigenvalue weighted by molar-refractivity contribution is 0.0696. The normalized spacial score (nSPS) is 10.9. The van der Waals surface area contributed by atoms with Gasteiger partial charge in [-0.1, -0.05) is 13.0 Å². The van der Waals surface area contributed by atoms with Gasteiger partial charge in [-0.2, -0.15) is 0 Å². The van der Waals surface area contributed by atoms with Crippen LogP contribution in [0.2, 0.25) is 0 Å². The van der Waals surface area contributed by atoms with E-state index in [-0.39, 0.29) is 5.56 Å². The Morgan fingerprint density at radius 3 is 2.95 bits per heavy atom.